The van der Waals surface area contributed by atoms with Crippen molar-refractivity contribution in [2.75, 3.05) is 13.7 Å². The maximum Gasteiger partial charge on any atom is 0.407 e. The SMILES string of the molecule is COC(=O)c1ccc2c(C=CCCNC(=O)OC(C)(C)C)n[nH]c2c1. The monoisotopic (exact) mass is 345 g/mol. The van der Waals surface area contributed by atoms with E-state index in [4.69, 9.17) is 9.47 Å². The Bertz CT molecular complexity index is 787. The first-order valence-electron chi connectivity index (χ1n) is 8.00. The van der Waals surface area contributed by atoms with E-state index in [1.54, 1.807) is 12.1 Å². The van der Waals surface area contributed by atoms with Crippen molar-refractivity contribution in [3.05, 3.63) is 35.5 Å². The van der Waals surface area contributed by atoms with Crippen molar-refractivity contribution >= 4 is 29.0 Å². The second-order valence-electron chi connectivity index (χ2n) is 6.48. The first kappa shape index (κ1) is 18.5. The van der Waals surface area contributed by atoms with E-state index in [2.05, 4.69) is 15.5 Å². The predicted molar refractivity (Wildman–Crippen MR) is 95.3 cm³/mol. The molecule has 0 unspecified atom stereocenters. The zero-order chi connectivity index (χ0) is 18.4. The van der Waals surface area contributed by atoms with Gasteiger partial charge >= 0.3 is 12.1 Å². The molecule has 134 valence electrons. The molecule has 0 radical (unpaired) electrons. The van der Waals surface area contributed by atoms with Crippen molar-refractivity contribution in [3.8, 4) is 0 Å². The van der Waals surface area contributed by atoms with E-state index in [9.17, 15) is 9.59 Å². The van der Waals surface area contributed by atoms with Crippen LogP contribution in [0.3, 0.4) is 0 Å². The Balaban J connectivity index is 1.91. The number of esters is 1. The average Bonchev–Trinajstić information content (AvgIpc) is 2.94. The molecule has 1 aromatic carbocycles. The molecular weight excluding hydrogens is 322 g/mol. The van der Waals surface area contributed by atoms with Crippen LogP contribution in [-0.2, 0) is 9.47 Å². The highest BCUT2D eigenvalue weighted by molar-refractivity contribution is 5.96. The van der Waals surface area contributed by atoms with Crippen molar-refractivity contribution in [3.63, 3.8) is 0 Å². The highest BCUT2D eigenvalue weighted by Crippen LogP contribution is 2.19. The highest BCUT2D eigenvalue weighted by Gasteiger charge is 2.15. The predicted octanol–water partition coefficient (Wildman–Crippen LogP) is 3.28. The number of alkyl carbamates (subject to hydrolysis) is 1. The molecule has 0 aliphatic heterocycles. The van der Waals surface area contributed by atoms with E-state index in [1.165, 1.54) is 7.11 Å². The van der Waals surface area contributed by atoms with Gasteiger partial charge in [0.2, 0.25) is 0 Å². The first-order valence-corrected chi connectivity index (χ1v) is 8.00. The molecule has 25 heavy (non-hydrogen) atoms. The summed E-state index contributed by atoms with van der Waals surface area (Å²) in [6.45, 7) is 5.93. The second-order valence-corrected chi connectivity index (χ2v) is 6.48. The van der Waals surface area contributed by atoms with Gasteiger partial charge in [-0.05, 0) is 51.5 Å². The number of methoxy groups -OCH3 is 1. The standard InChI is InChI=1S/C18H23N3O4/c1-18(2,3)25-17(23)19-10-6-5-7-14-13-9-8-12(16(22)24-4)11-15(13)21-20-14/h5,7-9,11H,6,10H2,1-4H3,(H,19,23)(H,20,21). The third-order valence-electron chi connectivity index (χ3n) is 3.27. The van der Waals surface area contributed by atoms with Gasteiger partial charge in [-0.2, -0.15) is 5.10 Å². The maximum absolute atomic E-state index is 11.5. The van der Waals surface area contributed by atoms with E-state index < -0.39 is 11.7 Å². The third-order valence-corrected chi connectivity index (χ3v) is 3.27. The molecule has 0 aliphatic rings. The molecule has 1 amide bonds. The minimum atomic E-state index is -0.503. The summed E-state index contributed by atoms with van der Waals surface area (Å²) in [6, 6.07) is 5.23. The number of ether oxygens (including phenoxy) is 2. The van der Waals surface area contributed by atoms with Gasteiger partial charge in [0.05, 0.1) is 23.9 Å². The Hall–Kier alpha value is -2.83. The fourth-order valence-electron chi connectivity index (χ4n) is 2.18. The largest absolute Gasteiger partial charge is 0.465 e. The number of rotatable bonds is 5. The number of benzene rings is 1. The van der Waals surface area contributed by atoms with Gasteiger partial charge in [0.15, 0.2) is 0 Å². The number of hydrogen-bond donors (Lipinski definition) is 2. The summed E-state index contributed by atoms with van der Waals surface area (Å²) in [6.07, 6.45) is 4.00. The van der Waals surface area contributed by atoms with Crippen LogP contribution in [0.2, 0.25) is 0 Å². The topological polar surface area (TPSA) is 93.3 Å². The van der Waals surface area contributed by atoms with Crippen LogP contribution in [0.25, 0.3) is 17.0 Å². The number of hydrogen-bond acceptors (Lipinski definition) is 5. The molecule has 0 spiro atoms. The minimum absolute atomic E-state index is 0.387. The molecule has 2 N–H and O–H groups in total. The molecule has 2 rings (SSSR count). The van der Waals surface area contributed by atoms with E-state index in [0.717, 1.165) is 16.6 Å². The first-order chi connectivity index (χ1) is 11.8. The Labute approximate surface area is 146 Å². The molecule has 0 saturated carbocycles. The van der Waals surface area contributed by atoms with Gasteiger partial charge in [-0.3, -0.25) is 5.10 Å². The van der Waals surface area contributed by atoms with Gasteiger partial charge in [-0.15, -0.1) is 0 Å². The molecule has 0 bridgehead atoms. The molecule has 0 aliphatic carbocycles. The molecule has 0 atom stereocenters. The number of aromatic nitrogens is 2. The summed E-state index contributed by atoms with van der Waals surface area (Å²) < 4.78 is 9.86. The normalized spacial score (nSPS) is 11.7. The molecule has 1 aromatic heterocycles. The van der Waals surface area contributed by atoms with Gasteiger partial charge in [0.1, 0.15) is 5.60 Å². The quantitative estimate of drug-likeness (QED) is 0.641. The van der Waals surface area contributed by atoms with E-state index in [1.807, 2.05) is 39.0 Å². The van der Waals surface area contributed by atoms with E-state index in [0.29, 0.717) is 18.5 Å². The molecule has 7 heteroatoms. The average molecular weight is 345 g/mol. The lowest BCUT2D eigenvalue weighted by Crippen LogP contribution is -2.32. The summed E-state index contributed by atoms with van der Waals surface area (Å²) >= 11 is 0. The van der Waals surface area contributed by atoms with Crippen LogP contribution in [0.5, 0.6) is 0 Å². The Morgan fingerprint density at radius 1 is 1.32 bits per heavy atom. The van der Waals surface area contributed by atoms with Gasteiger partial charge in [-0.1, -0.05) is 6.08 Å². The highest BCUT2D eigenvalue weighted by atomic mass is 16.6. The number of H-pyrrole nitrogens is 1. The zero-order valence-corrected chi connectivity index (χ0v) is 14.9. The Morgan fingerprint density at radius 3 is 2.76 bits per heavy atom. The summed E-state index contributed by atoms with van der Waals surface area (Å²) in [5, 5.41) is 10.7. The van der Waals surface area contributed by atoms with Gasteiger partial charge in [0.25, 0.3) is 0 Å². The van der Waals surface area contributed by atoms with Gasteiger partial charge < -0.3 is 14.8 Å². The number of aromatic amines is 1. The van der Waals surface area contributed by atoms with Gasteiger partial charge in [0, 0.05) is 11.9 Å². The van der Waals surface area contributed by atoms with E-state index >= 15 is 0 Å². The molecule has 0 fully saturated rings. The smallest absolute Gasteiger partial charge is 0.407 e. The van der Waals surface area contributed by atoms with Crippen molar-refractivity contribution in [1.29, 1.82) is 0 Å². The number of carbonyl (C=O) groups is 2. The van der Waals surface area contributed by atoms with Crippen molar-refractivity contribution in [2.24, 2.45) is 0 Å². The van der Waals surface area contributed by atoms with Crippen molar-refractivity contribution in [2.45, 2.75) is 32.8 Å². The van der Waals surface area contributed by atoms with E-state index in [-0.39, 0.29) is 5.97 Å². The van der Waals surface area contributed by atoms with Crippen LogP contribution in [-0.4, -0.2) is 41.5 Å². The van der Waals surface area contributed by atoms with Crippen LogP contribution >= 0.6 is 0 Å². The Kier molecular flexibility index (Phi) is 5.80. The van der Waals surface area contributed by atoms with Crippen LogP contribution < -0.4 is 5.32 Å². The Morgan fingerprint density at radius 2 is 2.08 bits per heavy atom. The lowest BCUT2D eigenvalue weighted by molar-refractivity contribution is 0.0527. The summed E-state index contributed by atoms with van der Waals surface area (Å²) in [7, 11) is 1.35. The summed E-state index contributed by atoms with van der Waals surface area (Å²) in [5.41, 5.74) is 1.49. The van der Waals surface area contributed by atoms with Crippen molar-refractivity contribution < 1.29 is 19.1 Å². The molecule has 2 aromatic rings. The zero-order valence-electron chi connectivity index (χ0n) is 14.9. The van der Waals surface area contributed by atoms with Crippen molar-refractivity contribution in [1.82, 2.24) is 15.5 Å². The number of fused-ring (bicyclic) bond motifs is 1. The molecular formula is C18H23N3O4. The fourth-order valence-corrected chi connectivity index (χ4v) is 2.18. The number of carbonyl (C=O) groups excluding carboxylic acids is 2. The van der Waals surface area contributed by atoms with Crippen LogP contribution in [0.15, 0.2) is 24.3 Å². The number of nitrogens with zero attached hydrogens (tertiary/aromatic N) is 1. The van der Waals surface area contributed by atoms with Gasteiger partial charge in [-0.25, -0.2) is 9.59 Å². The number of amides is 1. The van der Waals surface area contributed by atoms with Crippen LogP contribution in [0.1, 0.15) is 43.2 Å². The maximum atomic E-state index is 11.5. The minimum Gasteiger partial charge on any atom is -0.465 e. The molecule has 0 saturated heterocycles. The third kappa shape index (κ3) is 5.34. The molecule has 7 nitrogen and oxygen atoms in total. The fraction of sp³-hybridized carbons (Fsp3) is 0.389. The van der Waals surface area contributed by atoms with Crippen LogP contribution in [0.4, 0.5) is 4.79 Å². The van der Waals surface area contributed by atoms with Crippen LogP contribution in [0, 0.1) is 0 Å². The second kappa shape index (κ2) is 7.83. The summed E-state index contributed by atoms with van der Waals surface area (Å²) in [5.74, 6) is -0.387. The lowest BCUT2D eigenvalue weighted by Gasteiger charge is -2.19. The number of nitrogens with one attached hydrogen (secondary N) is 2. The lowest BCUT2D eigenvalue weighted by atomic mass is 10.1. The molecule has 1 heterocycles. The summed E-state index contributed by atoms with van der Waals surface area (Å²) in [4.78, 5) is 23.1.